The van der Waals surface area contributed by atoms with Crippen LogP contribution in [-0.4, -0.2) is 53.6 Å². The molecule has 0 saturated carbocycles. The lowest BCUT2D eigenvalue weighted by Crippen LogP contribution is -2.42. The molecule has 0 radical (unpaired) electrons. The van der Waals surface area contributed by atoms with Crippen LogP contribution in [0.15, 0.2) is 0 Å². The maximum atomic E-state index is 5.39. The lowest BCUT2D eigenvalue weighted by molar-refractivity contribution is 0.122. The molecular formula is C11H28O5Si2. The Morgan fingerprint density at radius 3 is 1.78 bits per heavy atom. The van der Waals surface area contributed by atoms with Crippen LogP contribution in [0, 0.1) is 0 Å². The summed E-state index contributed by atoms with van der Waals surface area (Å²) in [5.41, 5.74) is 0.517. The van der Waals surface area contributed by atoms with Gasteiger partial charge in [0.2, 0.25) is 0 Å². The van der Waals surface area contributed by atoms with Gasteiger partial charge in [-0.05, 0) is 18.4 Å². The van der Waals surface area contributed by atoms with Gasteiger partial charge < -0.3 is 22.1 Å². The maximum Gasteiger partial charge on any atom is 0.500 e. The first-order valence-electron chi connectivity index (χ1n) is 6.30. The molecule has 0 spiro atoms. The highest BCUT2D eigenvalue weighted by atomic mass is 28.4. The molecule has 7 heteroatoms. The zero-order chi connectivity index (χ0) is 14.0. The summed E-state index contributed by atoms with van der Waals surface area (Å²) in [6, 6.07) is 0.857. The van der Waals surface area contributed by atoms with Crippen molar-refractivity contribution in [2.45, 2.75) is 37.8 Å². The van der Waals surface area contributed by atoms with E-state index in [0.717, 1.165) is 25.3 Å². The van der Waals surface area contributed by atoms with Crippen molar-refractivity contribution < 1.29 is 22.1 Å². The maximum absolute atomic E-state index is 5.39. The lowest BCUT2D eigenvalue weighted by atomic mass is 10.2. The highest BCUT2D eigenvalue weighted by Gasteiger charge is 2.36. The fourth-order valence-electron chi connectivity index (χ4n) is 2.06. The van der Waals surface area contributed by atoms with Crippen molar-refractivity contribution in [2.75, 3.05) is 35.5 Å². The minimum absolute atomic E-state index is 0.517. The third-order valence-corrected chi connectivity index (χ3v) is 8.28. The van der Waals surface area contributed by atoms with Gasteiger partial charge in [-0.1, -0.05) is 13.3 Å². The molecule has 0 aromatic carbocycles. The van der Waals surface area contributed by atoms with Gasteiger partial charge in [0.15, 0.2) is 0 Å². The Kier molecular flexibility index (Phi) is 10.2. The van der Waals surface area contributed by atoms with E-state index < -0.39 is 18.1 Å². The van der Waals surface area contributed by atoms with Crippen LogP contribution in [0.25, 0.3) is 0 Å². The van der Waals surface area contributed by atoms with E-state index in [2.05, 4.69) is 6.92 Å². The molecule has 0 heterocycles. The standard InChI is InChI=1S/C11H28O5Si2/c1-11(17(12-2)13-3)9-7-8-10-18(14-4,15-5)16-6/h11,17H,7-10H2,1-6H3. The molecule has 1 unspecified atom stereocenters. The summed E-state index contributed by atoms with van der Waals surface area (Å²) in [5, 5.41) is 0. The smallest absolute Gasteiger partial charge is 0.400 e. The highest BCUT2D eigenvalue weighted by molar-refractivity contribution is 6.60. The van der Waals surface area contributed by atoms with E-state index in [9.17, 15) is 0 Å². The van der Waals surface area contributed by atoms with E-state index >= 15 is 0 Å². The fourth-order valence-corrected chi connectivity index (χ4v) is 5.49. The molecule has 0 N–H and O–H groups in total. The van der Waals surface area contributed by atoms with Gasteiger partial charge in [-0.15, -0.1) is 0 Å². The van der Waals surface area contributed by atoms with Crippen molar-refractivity contribution in [3.63, 3.8) is 0 Å². The Bertz CT molecular complexity index is 190. The minimum atomic E-state index is -2.38. The van der Waals surface area contributed by atoms with E-state index in [1.54, 1.807) is 35.5 Å². The normalized spacial score (nSPS) is 14.2. The number of rotatable bonds is 11. The van der Waals surface area contributed by atoms with Gasteiger partial charge in [-0.25, -0.2) is 0 Å². The molecule has 0 aliphatic rings. The highest BCUT2D eigenvalue weighted by Crippen LogP contribution is 2.22. The molecule has 0 saturated heterocycles. The second-order valence-electron chi connectivity index (χ2n) is 4.36. The summed E-state index contributed by atoms with van der Waals surface area (Å²) in [5.74, 6) is 0. The Balaban J connectivity index is 3.91. The quantitative estimate of drug-likeness (QED) is 0.431. The summed E-state index contributed by atoms with van der Waals surface area (Å²) in [6.45, 7) is 2.19. The fraction of sp³-hybridized carbons (Fsp3) is 1.00. The Hall–Kier alpha value is 0.234. The van der Waals surface area contributed by atoms with Crippen LogP contribution in [0.1, 0.15) is 26.2 Å². The molecule has 0 aromatic heterocycles. The molecule has 110 valence electrons. The minimum Gasteiger partial charge on any atom is -0.400 e. The van der Waals surface area contributed by atoms with Gasteiger partial charge in [-0.3, -0.25) is 0 Å². The van der Waals surface area contributed by atoms with Gasteiger partial charge in [0.1, 0.15) is 0 Å². The molecule has 18 heavy (non-hydrogen) atoms. The first kappa shape index (κ1) is 18.2. The van der Waals surface area contributed by atoms with Gasteiger partial charge in [-0.2, -0.15) is 0 Å². The first-order chi connectivity index (χ1) is 8.59. The largest absolute Gasteiger partial charge is 0.500 e. The first-order valence-corrected chi connectivity index (χ1v) is 9.84. The van der Waals surface area contributed by atoms with E-state index in [0.29, 0.717) is 5.54 Å². The van der Waals surface area contributed by atoms with Crippen molar-refractivity contribution in [2.24, 2.45) is 0 Å². The van der Waals surface area contributed by atoms with Crippen molar-refractivity contribution in [3.05, 3.63) is 0 Å². The average Bonchev–Trinajstić information content (AvgIpc) is 2.41. The third kappa shape index (κ3) is 5.92. The van der Waals surface area contributed by atoms with Crippen LogP contribution in [0.4, 0.5) is 0 Å². The Labute approximate surface area is 114 Å². The SMILES string of the molecule is CO[SiH](OC)C(C)CCCC[Si](OC)(OC)OC. The summed E-state index contributed by atoms with van der Waals surface area (Å²) in [6.07, 6.45) is 3.27. The molecule has 0 bridgehead atoms. The van der Waals surface area contributed by atoms with E-state index in [1.807, 2.05) is 0 Å². The van der Waals surface area contributed by atoms with E-state index in [1.165, 1.54) is 0 Å². The molecule has 0 aliphatic heterocycles. The van der Waals surface area contributed by atoms with Crippen molar-refractivity contribution >= 4 is 18.1 Å². The molecule has 0 amide bonds. The molecule has 0 aromatic rings. The van der Waals surface area contributed by atoms with Crippen LogP contribution >= 0.6 is 0 Å². The summed E-state index contributed by atoms with van der Waals surface area (Å²) >= 11 is 0. The summed E-state index contributed by atoms with van der Waals surface area (Å²) < 4.78 is 26.9. The van der Waals surface area contributed by atoms with Crippen LogP contribution in [0.3, 0.4) is 0 Å². The van der Waals surface area contributed by atoms with Gasteiger partial charge >= 0.3 is 18.1 Å². The van der Waals surface area contributed by atoms with Crippen LogP contribution < -0.4 is 0 Å². The van der Waals surface area contributed by atoms with Crippen LogP contribution in [-0.2, 0) is 22.1 Å². The van der Waals surface area contributed by atoms with Gasteiger partial charge in [0.05, 0.1) is 0 Å². The summed E-state index contributed by atoms with van der Waals surface area (Å²) in [4.78, 5) is 0. The molecular weight excluding hydrogens is 268 g/mol. The molecule has 0 fully saturated rings. The predicted molar refractivity (Wildman–Crippen MR) is 76.0 cm³/mol. The van der Waals surface area contributed by atoms with Crippen molar-refractivity contribution in [3.8, 4) is 0 Å². The lowest BCUT2D eigenvalue weighted by Gasteiger charge is -2.24. The second kappa shape index (κ2) is 10.1. The zero-order valence-electron chi connectivity index (χ0n) is 12.5. The zero-order valence-corrected chi connectivity index (χ0v) is 14.7. The average molecular weight is 297 g/mol. The summed E-state index contributed by atoms with van der Waals surface area (Å²) in [7, 11) is 4.56. The predicted octanol–water partition coefficient (Wildman–Crippen LogP) is 1.94. The second-order valence-corrected chi connectivity index (χ2v) is 10.3. The molecule has 0 rings (SSSR count). The van der Waals surface area contributed by atoms with E-state index in [-0.39, 0.29) is 0 Å². The van der Waals surface area contributed by atoms with Gasteiger partial charge in [0, 0.05) is 41.6 Å². The third-order valence-electron chi connectivity index (χ3n) is 3.25. The monoisotopic (exact) mass is 296 g/mol. The number of unbranched alkanes of at least 4 members (excludes halogenated alkanes) is 1. The molecule has 1 atom stereocenters. The molecule has 0 aliphatic carbocycles. The number of hydrogen-bond acceptors (Lipinski definition) is 5. The Morgan fingerprint density at radius 1 is 0.889 bits per heavy atom. The van der Waals surface area contributed by atoms with Crippen molar-refractivity contribution in [1.82, 2.24) is 0 Å². The topological polar surface area (TPSA) is 46.2 Å². The van der Waals surface area contributed by atoms with Crippen LogP contribution in [0.2, 0.25) is 11.6 Å². The van der Waals surface area contributed by atoms with Gasteiger partial charge in [0.25, 0.3) is 0 Å². The number of hydrogen-bond donors (Lipinski definition) is 0. The Morgan fingerprint density at radius 2 is 1.39 bits per heavy atom. The van der Waals surface area contributed by atoms with Crippen molar-refractivity contribution in [1.29, 1.82) is 0 Å². The van der Waals surface area contributed by atoms with Crippen LogP contribution in [0.5, 0.6) is 0 Å². The molecule has 5 nitrogen and oxygen atoms in total. The van der Waals surface area contributed by atoms with E-state index in [4.69, 9.17) is 22.1 Å².